The number of anilines is 1. The molecule has 0 fully saturated rings. The molecule has 0 unspecified atom stereocenters. The van der Waals surface area contributed by atoms with E-state index in [4.69, 9.17) is 23.2 Å². The Kier molecular flexibility index (Phi) is 7.37. The Morgan fingerprint density at radius 3 is 2.25 bits per heavy atom. The topological polar surface area (TPSA) is 78.5 Å². The van der Waals surface area contributed by atoms with Crippen molar-refractivity contribution in [3.05, 3.63) is 63.4 Å². The summed E-state index contributed by atoms with van der Waals surface area (Å²) in [6, 6.07) is 8.01. The van der Waals surface area contributed by atoms with Crippen LogP contribution in [-0.4, -0.2) is 43.3 Å². The van der Waals surface area contributed by atoms with Gasteiger partial charge in [0.05, 0.1) is 21.2 Å². The lowest BCUT2D eigenvalue weighted by molar-refractivity contribution is -0.116. The van der Waals surface area contributed by atoms with E-state index in [1.807, 2.05) is 0 Å². The van der Waals surface area contributed by atoms with Crippen LogP contribution < -0.4 is 10.6 Å². The molecule has 2 aromatic rings. The molecule has 0 saturated heterocycles. The smallest absolute Gasteiger partial charge is 0.254 e. The monoisotopic (exact) mass is 425 g/mol. The zero-order valence-electron chi connectivity index (χ0n) is 15.2. The zero-order chi connectivity index (χ0) is 20.8. The molecule has 2 rings (SSSR count). The first-order valence-corrected chi connectivity index (χ1v) is 8.99. The molecule has 0 saturated carbocycles. The molecule has 9 heteroatoms. The first-order valence-electron chi connectivity index (χ1n) is 8.23. The summed E-state index contributed by atoms with van der Waals surface area (Å²) in [6.07, 6.45) is 0.000548. The van der Waals surface area contributed by atoms with Crippen LogP contribution in [-0.2, 0) is 4.79 Å². The van der Waals surface area contributed by atoms with Gasteiger partial charge in [-0.2, -0.15) is 0 Å². The van der Waals surface area contributed by atoms with Crippen molar-refractivity contribution < 1.29 is 18.8 Å². The van der Waals surface area contributed by atoms with E-state index in [1.54, 1.807) is 20.2 Å². The van der Waals surface area contributed by atoms with E-state index >= 15 is 0 Å². The quantitative estimate of drug-likeness (QED) is 0.741. The van der Waals surface area contributed by atoms with Crippen molar-refractivity contribution in [3.8, 4) is 0 Å². The van der Waals surface area contributed by atoms with Crippen LogP contribution in [0.4, 0.5) is 10.1 Å². The molecule has 0 aliphatic rings. The lowest BCUT2D eigenvalue weighted by Gasteiger charge is -2.13. The molecule has 0 aliphatic heterocycles. The van der Waals surface area contributed by atoms with Gasteiger partial charge in [0.15, 0.2) is 0 Å². The Bertz CT molecular complexity index is 919. The third-order valence-corrected chi connectivity index (χ3v) is 4.33. The summed E-state index contributed by atoms with van der Waals surface area (Å²) in [5, 5.41) is 5.38. The number of halogens is 3. The molecular weight excluding hydrogens is 408 g/mol. The van der Waals surface area contributed by atoms with Gasteiger partial charge in [0, 0.05) is 32.7 Å². The number of hydrogen-bond donors (Lipinski definition) is 2. The minimum absolute atomic E-state index is 0.000548. The molecule has 0 aliphatic carbocycles. The summed E-state index contributed by atoms with van der Waals surface area (Å²) < 4.78 is 13.0. The first kappa shape index (κ1) is 21.7. The highest BCUT2D eigenvalue weighted by molar-refractivity contribution is 6.34. The maximum absolute atomic E-state index is 13.0. The van der Waals surface area contributed by atoms with Gasteiger partial charge in [0.1, 0.15) is 5.82 Å². The van der Waals surface area contributed by atoms with Gasteiger partial charge in [-0.25, -0.2) is 4.39 Å². The van der Waals surface area contributed by atoms with Crippen molar-refractivity contribution in [3.63, 3.8) is 0 Å². The van der Waals surface area contributed by atoms with Crippen LogP contribution in [0.15, 0.2) is 36.4 Å². The fourth-order valence-electron chi connectivity index (χ4n) is 2.29. The molecule has 6 nitrogen and oxygen atoms in total. The summed E-state index contributed by atoms with van der Waals surface area (Å²) in [5.41, 5.74) is 0.878. The van der Waals surface area contributed by atoms with Gasteiger partial charge in [-0.3, -0.25) is 14.4 Å². The Balaban J connectivity index is 1.88. The van der Waals surface area contributed by atoms with Crippen molar-refractivity contribution >= 4 is 46.6 Å². The van der Waals surface area contributed by atoms with Gasteiger partial charge in [-0.15, -0.1) is 0 Å². The van der Waals surface area contributed by atoms with E-state index < -0.39 is 11.7 Å². The zero-order valence-corrected chi connectivity index (χ0v) is 16.7. The molecule has 0 spiro atoms. The van der Waals surface area contributed by atoms with Gasteiger partial charge in [-0.1, -0.05) is 23.2 Å². The molecule has 3 amide bonds. The third kappa shape index (κ3) is 5.68. The van der Waals surface area contributed by atoms with Crippen LogP contribution in [0.1, 0.15) is 27.1 Å². The Morgan fingerprint density at radius 2 is 1.64 bits per heavy atom. The van der Waals surface area contributed by atoms with Gasteiger partial charge in [0.25, 0.3) is 11.8 Å². The van der Waals surface area contributed by atoms with Crippen LogP contribution in [0.3, 0.4) is 0 Å². The van der Waals surface area contributed by atoms with Crippen molar-refractivity contribution in [2.45, 2.75) is 6.42 Å². The Hall–Kier alpha value is -2.64. The minimum Gasteiger partial charge on any atom is -0.351 e. The van der Waals surface area contributed by atoms with Crippen LogP contribution in [0.5, 0.6) is 0 Å². The number of carbonyl (C=O) groups is 3. The Labute approximate surface area is 171 Å². The van der Waals surface area contributed by atoms with Gasteiger partial charge < -0.3 is 15.5 Å². The van der Waals surface area contributed by atoms with E-state index in [9.17, 15) is 18.8 Å². The number of nitrogens with zero attached hydrogens (tertiary/aromatic N) is 1. The summed E-state index contributed by atoms with van der Waals surface area (Å²) in [4.78, 5) is 37.4. The van der Waals surface area contributed by atoms with E-state index in [2.05, 4.69) is 10.6 Å². The highest BCUT2D eigenvalue weighted by atomic mass is 35.5. The SMILES string of the molecule is CN(C)C(=O)c1ccc(NC(=O)CCNC(=O)c2ccc(F)cc2Cl)cc1Cl. The Morgan fingerprint density at radius 1 is 1.00 bits per heavy atom. The van der Waals surface area contributed by atoms with Crippen LogP contribution in [0, 0.1) is 5.82 Å². The average molecular weight is 426 g/mol. The number of benzene rings is 2. The molecule has 148 valence electrons. The number of nitrogens with one attached hydrogen (secondary N) is 2. The van der Waals surface area contributed by atoms with Gasteiger partial charge in [0.2, 0.25) is 5.91 Å². The van der Waals surface area contributed by atoms with Crippen LogP contribution in [0.2, 0.25) is 10.0 Å². The van der Waals surface area contributed by atoms with Crippen LogP contribution >= 0.6 is 23.2 Å². The highest BCUT2D eigenvalue weighted by Crippen LogP contribution is 2.22. The van der Waals surface area contributed by atoms with Crippen LogP contribution in [0.25, 0.3) is 0 Å². The lowest BCUT2D eigenvalue weighted by atomic mass is 10.2. The highest BCUT2D eigenvalue weighted by Gasteiger charge is 2.14. The standard InChI is InChI=1S/C19H18Cl2FN3O3/c1-25(2)19(28)14-6-4-12(10-16(14)21)24-17(26)7-8-23-18(27)13-5-3-11(22)9-15(13)20/h3-6,9-10H,7-8H2,1-2H3,(H,23,27)(H,24,26). The fraction of sp³-hybridized carbons (Fsp3) is 0.211. The molecule has 0 heterocycles. The maximum Gasteiger partial charge on any atom is 0.254 e. The molecular formula is C19H18Cl2FN3O3. The second-order valence-electron chi connectivity index (χ2n) is 6.07. The molecule has 0 aromatic heterocycles. The van der Waals surface area contributed by atoms with E-state index in [0.29, 0.717) is 11.3 Å². The normalized spacial score (nSPS) is 10.3. The fourth-order valence-corrected chi connectivity index (χ4v) is 2.80. The maximum atomic E-state index is 13.0. The molecule has 0 radical (unpaired) electrons. The van der Waals surface area contributed by atoms with Crippen molar-refractivity contribution in [1.29, 1.82) is 0 Å². The minimum atomic E-state index is -0.544. The summed E-state index contributed by atoms with van der Waals surface area (Å²) >= 11 is 11.9. The predicted molar refractivity (Wildman–Crippen MR) is 106 cm³/mol. The second-order valence-corrected chi connectivity index (χ2v) is 6.89. The lowest BCUT2D eigenvalue weighted by Crippen LogP contribution is -2.28. The van der Waals surface area contributed by atoms with E-state index in [0.717, 1.165) is 12.1 Å². The molecule has 2 N–H and O–H groups in total. The van der Waals surface area contributed by atoms with E-state index in [1.165, 1.54) is 23.1 Å². The van der Waals surface area contributed by atoms with Gasteiger partial charge in [-0.05, 0) is 36.4 Å². The van der Waals surface area contributed by atoms with Gasteiger partial charge >= 0.3 is 0 Å². The number of hydrogen-bond acceptors (Lipinski definition) is 3. The predicted octanol–water partition coefficient (Wildman–Crippen LogP) is 3.59. The molecule has 0 bridgehead atoms. The summed E-state index contributed by atoms with van der Waals surface area (Å²) in [5.74, 6) is -1.65. The first-order chi connectivity index (χ1) is 13.2. The summed E-state index contributed by atoms with van der Waals surface area (Å²) in [6.45, 7) is 0.0588. The molecule has 28 heavy (non-hydrogen) atoms. The number of rotatable bonds is 6. The number of amides is 3. The van der Waals surface area contributed by atoms with Crippen molar-refractivity contribution in [2.24, 2.45) is 0 Å². The number of carbonyl (C=O) groups excluding carboxylic acids is 3. The molecule has 2 aromatic carbocycles. The van der Waals surface area contributed by atoms with E-state index in [-0.39, 0.29) is 40.4 Å². The third-order valence-electron chi connectivity index (χ3n) is 3.70. The second kappa shape index (κ2) is 9.52. The largest absolute Gasteiger partial charge is 0.351 e. The van der Waals surface area contributed by atoms with Crippen molar-refractivity contribution in [2.75, 3.05) is 26.0 Å². The molecule has 0 atom stereocenters. The average Bonchev–Trinajstić information content (AvgIpc) is 2.61. The van der Waals surface area contributed by atoms with Crippen molar-refractivity contribution in [1.82, 2.24) is 10.2 Å². The summed E-state index contributed by atoms with van der Waals surface area (Å²) in [7, 11) is 3.23.